The number of aliphatic hydroxyl groups excluding tert-OH is 2. The molecule has 1 fully saturated rings. The number of carboxylic acid groups (broad SMARTS) is 2. The minimum Gasteiger partial charge on any atom is -0.481 e. The van der Waals surface area contributed by atoms with Gasteiger partial charge in [0.05, 0.1) is 51.3 Å². The summed E-state index contributed by atoms with van der Waals surface area (Å²) in [4.78, 5) is 286. The van der Waals surface area contributed by atoms with Crippen LogP contribution in [0.25, 0.3) is 0 Å². The van der Waals surface area contributed by atoms with Crippen LogP contribution in [0.5, 0.6) is 0 Å². The van der Waals surface area contributed by atoms with Gasteiger partial charge in [-0.25, -0.2) is 14.8 Å². The highest BCUT2D eigenvalue weighted by atomic mass is 32.1. The summed E-state index contributed by atoms with van der Waals surface area (Å²) in [6.45, 7) is 8.82. The normalized spacial score (nSPS) is 15.9. The molecule has 0 saturated carbocycles. The van der Waals surface area contributed by atoms with Crippen molar-refractivity contribution in [1.29, 1.82) is 0 Å². The fraction of sp³-hybridized carbons (Fsp3) is 0.671. The zero-order valence-electron chi connectivity index (χ0n) is 73.7. The SMILES string of the molecule is CCCCCCCCCCC(N)C(=O)NCC(=O)N[C@@H](CS)C(=O)N[C@@H](CS)C(=O)N[C@@H](CO)C(=O)N[C@@H](CC(N)=O)C(=O)N1CCC[C@H]1C(=O)N[C@H](C(=O)N[C@@H](CS)C(=O)N[C@@H](Cc1cnc[nH]1)C(=O)N[C@@H](CC(C)C)C(=O)N[C@@H](CCC(=O)O)C(=O)N[C@@H](Cc1cnc[nH]1)C(=O)N[C@@H](CO)C(=O)N[C@@H](CC(N)=O)C(=O)N[C@@H](CC(C)C)C(=O)N[C@@H](CS)C(=O)O)C(C)C. The van der Waals surface area contributed by atoms with Gasteiger partial charge >= 0.3 is 11.9 Å². The summed E-state index contributed by atoms with van der Waals surface area (Å²) in [6, 6.07) is -25.6. The van der Waals surface area contributed by atoms with Gasteiger partial charge in [-0.1, -0.05) is 99.8 Å². The Balaban J connectivity index is 1.81. The number of nitrogens with zero attached hydrogens (tertiary/aromatic N) is 3. The van der Waals surface area contributed by atoms with Gasteiger partial charge in [0, 0.05) is 72.6 Å². The van der Waals surface area contributed by atoms with E-state index in [0.717, 1.165) is 37.0 Å². The molecule has 728 valence electrons. The van der Waals surface area contributed by atoms with Crippen LogP contribution in [0.15, 0.2) is 25.0 Å². The summed E-state index contributed by atoms with van der Waals surface area (Å²) in [5, 5.41) is 76.0. The quantitative estimate of drug-likeness (QED) is 0.0216. The molecule has 3 rings (SSSR count). The van der Waals surface area contributed by atoms with Crippen molar-refractivity contribution in [1.82, 2.24) is 105 Å². The first kappa shape index (κ1) is 113. The standard InChI is InChI=1S/C79H129N23O24S4/c1-8-9-10-11-12-13-14-15-17-44(80)64(110)85-30-61(107)88-54(33-127)73(119)98-55(34-128)75(121)97-53(32-104)72(118)95-51(27-60(82)106)78(124)102-21-16-18-58(102)76(122)101-63(41(6)7)77(123)99-56(35-129)74(120)93-48(24-42-28-83-37-86-42)68(114)90-46(22-39(2)3)66(112)89-45(19-20-62(108)109)65(111)92-49(25-43-29-84-38-87-43)69(115)96-52(31-103)71(117)94-50(26-59(81)105)70(116)91-47(23-40(4)5)67(113)100-57(36-130)79(125)126/h28-29,37-41,44-58,63,103-104,127-130H,8-27,30-36,80H2,1-7H3,(H2,81,105)(H2,82,106)(H,83,86)(H,84,87)(H,85,110)(H,88,107)(H,89,112)(H,90,114)(H,91,116)(H,92,111)(H,93,120)(H,94,117)(H,95,118)(H,96,115)(H,97,121)(H,98,119)(H,99,123)(H,100,113)(H,101,122)(H,108,109)(H,125,126)/t44?,45-,46-,47-,48-,49-,50-,51-,52-,53-,54-,55-,56-,57-,58-,63-/m0/s1. The molecule has 130 heavy (non-hydrogen) atoms. The molecular weight excluding hydrogens is 1780 g/mol. The molecule has 2 aromatic heterocycles. The zero-order valence-corrected chi connectivity index (χ0v) is 77.3. The van der Waals surface area contributed by atoms with Gasteiger partial charge in [-0.05, 0) is 56.3 Å². The first-order valence-electron chi connectivity index (χ1n) is 42.7. The highest BCUT2D eigenvalue weighted by molar-refractivity contribution is 7.80. The van der Waals surface area contributed by atoms with Crippen molar-refractivity contribution < 1.29 is 116 Å². The van der Waals surface area contributed by atoms with Crippen LogP contribution in [-0.2, 0) is 109 Å². The Kier molecular flexibility index (Phi) is 51.8. The molecule has 0 radical (unpaired) electrons. The molecule has 51 heteroatoms. The number of hydrogen-bond donors (Lipinski definition) is 28. The average Bonchev–Trinajstić information content (AvgIpc) is 1.65. The van der Waals surface area contributed by atoms with Crippen molar-refractivity contribution in [2.24, 2.45) is 35.0 Å². The third kappa shape index (κ3) is 40.6. The van der Waals surface area contributed by atoms with Crippen molar-refractivity contribution in [3.8, 4) is 0 Å². The van der Waals surface area contributed by atoms with E-state index in [-0.39, 0.29) is 67.5 Å². The van der Waals surface area contributed by atoms with Crippen LogP contribution >= 0.6 is 50.5 Å². The fourth-order valence-corrected chi connectivity index (χ4v) is 14.3. The smallest absolute Gasteiger partial charge is 0.327 e. The molecule has 0 bridgehead atoms. The third-order valence-electron chi connectivity index (χ3n) is 20.3. The number of rotatable bonds is 63. The van der Waals surface area contributed by atoms with Crippen LogP contribution in [0, 0.1) is 17.8 Å². The summed E-state index contributed by atoms with van der Waals surface area (Å²) in [6.07, 6.45) is 9.52. The van der Waals surface area contributed by atoms with Gasteiger partial charge in [0.2, 0.25) is 106 Å². The fourth-order valence-electron chi connectivity index (χ4n) is 13.3. The van der Waals surface area contributed by atoms with Crippen LogP contribution < -0.4 is 97.0 Å². The van der Waals surface area contributed by atoms with Crippen LogP contribution in [0.4, 0.5) is 0 Å². The van der Waals surface area contributed by atoms with Crippen LogP contribution in [0.3, 0.4) is 0 Å². The lowest BCUT2D eigenvalue weighted by Crippen LogP contribution is -2.62. The lowest BCUT2D eigenvalue weighted by molar-refractivity contribution is -0.143. The molecule has 47 nitrogen and oxygen atoms in total. The molecule has 0 aliphatic carbocycles. The minimum atomic E-state index is -1.99. The van der Waals surface area contributed by atoms with Gasteiger partial charge in [0.15, 0.2) is 0 Å². The van der Waals surface area contributed by atoms with Crippen LogP contribution in [-0.4, -0.2) is 310 Å². The molecule has 18 amide bonds. The number of aromatic nitrogens is 4. The maximum Gasteiger partial charge on any atom is 0.327 e. The van der Waals surface area contributed by atoms with Crippen molar-refractivity contribution >= 4 is 169 Å². The van der Waals surface area contributed by atoms with Crippen molar-refractivity contribution in [2.75, 3.05) is 49.3 Å². The molecule has 3 heterocycles. The number of unbranched alkanes of at least 4 members (excludes halogenated alkanes) is 7. The first-order chi connectivity index (χ1) is 61.5. The Hall–Kier alpha value is -10.9. The molecule has 0 aromatic carbocycles. The molecule has 1 aliphatic heterocycles. The second-order valence-corrected chi connectivity index (χ2v) is 33.9. The number of nitrogens with one attached hydrogen (secondary N) is 17. The largest absolute Gasteiger partial charge is 0.481 e. The molecule has 16 atom stereocenters. The number of carbonyl (C=O) groups is 20. The first-order valence-corrected chi connectivity index (χ1v) is 45.2. The van der Waals surface area contributed by atoms with Crippen LogP contribution in [0.1, 0.15) is 169 Å². The number of H-pyrrole nitrogens is 2. The van der Waals surface area contributed by atoms with E-state index in [1.54, 1.807) is 27.7 Å². The number of thiol groups is 4. The molecule has 0 spiro atoms. The lowest BCUT2D eigenvalue weighted by Gasteiger charge is -2.31. The van der Waals surface area contributed by atoms with Gasteiger partial charge in [0.1, 0.15) is 90.6 Å². The van der Waals surface area contributed by atoms with Crippen molar-refractivity contribution in [2.45, 2.75) is 267 Å². The van der Waals surface area contributed by atoms with E-state index in [0.29, 0.717) is 12.8 Å². The molecule has 1 saturated heterocycles. The van der Waals surface area contributed by atoms with Gasteiger partial charge < -0.3 is 132 Å². The van der Waals surface area contributed by atoms with Gasteiger partial charge in [-0.2, -0.15) is 50.5 Å². The van der Waals surface area contributed by atoms with E-state index in [2.05, 4.69) is 157 Å². The molecule has 1 aliphatic rings. The lowest BCUT2D eigenvalue weighted by atomic mass is 10.0. The van der Waals surface area contributed by atoms with E-state index in [1.165, 1.54) is 51.7 Å². The predicted molar refractivity (Wildman–Crippen MR) is 480 cm³/mol. The highest BCUT2D eigenvalue weighted by Crippen LogP contribution is 2.22. The number of hydrogen-bond acceptors (Lipinski definition) is 29. The Bertz CT molecular complexity index is 4120. The van der Waals surface area contributed by atoms with Gasteiger partial charge in [-0.3, -0.25) is 91.1 Å². The summed E-state index contributed by atoms with van der Waals surface area (Å²) in [5.74, 6) is -24.8. The van der Waals surface area contributed by atoms with Crippen molar-refractivity contribution in [3.05, 3.63) is 36.4 Å². The van der Waals surface area contributed by atoms with Gasteiger partial charge in [-0.15, -0.1) is 0 Å². The summed E-state index contributed by atoms with van der Waals surface area (Å²) < 4.78 is 0. The number of carbonyl (C=O) groups excluding carboxylic acids is 18. The second kappa shape index (κ2) is 59.4. The molecular formula is C79H129N23O24S4. The number of imidazole rings is 2. The third-order valence-corrected chi connectivity index (χ3v) is 21.8. The van der Waals surface area contributed by atoms with E-state index in [1.807, 2.05) is 0 Å². The summed E-state index contributed by atoms with van der Waals surface area (Å²) in [7, 11) is 0. The monoisotopic (exact) mass is 1910 g/mol. The number of likely N-dealkylation sites (tertiary alicyclic amines) is 1. The molecule has 1 unspecified atom stereocenters. The summed E-state index contributed by atoms with van der Waals surface area (Å²) in [5.41, 5.74) is 17.4. The number of primary amides is 2. The Morgan fingerprint density at radius 1 is 0.446 bits per heavy atom. The second-order valence-electron chi connectivity index (χ2n) is 32.4. The van der Waals surface area contributed by atoms with E-state index in [9.17, 15) is 116 Å². The van der Waals surface area contributed by atoms with E-state index < -0.39 is 290 Å². The van der Waals surface area contributed by atoms with Gasteiger partial charge in [0.25, 0.3) is 0 Å². The number of aromatic amines is 2. The number of nitrogens with two attached hydrogens (primary N) is 3. The Morgan fingerprint density at radius 3 is 1.24 bits per heavy atom. The number of aliphatic hydroxyl groups is 2. The topological polar surface area (TPSA) is 741 Å². The predicted octanol–water partition coefficient (Wildman–Crippen LogP) is -7.18. The Morgan fingerprint density at radius 2 is 0.815 bits per heavy atom. The Labute approximate surface area is 773 Å². The number of aliphatic carboxylic acids is 2. The molecule has 2 aromatic rings. The number of carboxylic acids is 2. The minimum absolute atomic E-state index is 0.0340. The molecule has 27 N–H and O–H groups in total. The van der Waals surface area contributed by atoms with Crippen LogP contribution in [0.2, 0.25) is 0 Å². The van der Waals surface area contributed by atoms with Crippen molar-refractivity contribution in [3.63, 3.8) is 0 Å². The maximum atomic E-state index is 14.7. The summed E-state index contributed by atoms with van der Waals surface area (Å²) >= 11 is 16.5. The highest BCUT2D eigenvalue weighted by Gasteiger charge is 2.43. The zero-order chi connectivity index (χ0) is 97.6. The number of amides is 18. The average molecular weight is 1910 g/mol. The maximum absolute atomic E-state index is 14.7. The van der Waals surface area contributed by atoms with E-state index >= 15 is 0 Å². The van der Waals surface area contributed by atoms with E-state index in [4.69, 9.17) is 17.2 Å².